The third-order valence-corrected chi connectivity index (χ3v) is 1.55. The van der Waals surface area contributed by atoms with Crippen molar-refractivity contribution in [3.05, 3.63) is 0 Å². The summed E-state index contributed by atoms with van der Waals surface area (Å²) in [4.78, 5) is 0. The molecule has 0 nitrogen and oxygen atoms in total. The molecule has 0 rings (SSSR count). The molecule has 0 aliphatic heterocycles. The van der Waals surface area contributed by atoms with E-state index in [0.29, 0.717) is 0 Å². The van der Waals surface area contributed by atoms with Gasteiger partial charge in [0.15, 0.2) is 0 Å². The Morgan fingerprint density at radius 2 is 2.00 bits per heavy atom. The number of alkyl halides is 1. The van der Waals surface area contributed by atoms with Gasteiger partial charge in [0.1, 0.15) is 0 Å². The number of rotatable bonds is 1. The Balaban J connectivity index is 1.97. The average Bonchev–Trinajstić information content (AvgIpc) is 1.37. The summed E-state index contributed by atoms with van der Waals surface area (Å²) < 4.78 is 1.10. The Kier molecular flexibility index (Phi) is 5.18. The van der Waals surface area contributed by atoms with Crippen LogP contribution in [0, 0.1) is 0 Å². The Morgan fingerprint density at radius 1 is 1.75 bits per heavy atom. The van der Waals surface area contributed by atoms with E-state index in [1.807, 2.05) is 0 Å². The first-order chi connectivity index (χ1) is 1.91. The fourth-order valence-electron chi connectivity index (χ4n) is 0. The highest BCUT2D eigenvalue weighted by Gasteiger charge is 1.60. The van der Waals surface area contributed by atoms with E-state index in [0.717, 1.165) is 10.2 Å². The second kappa shape index (κ2) is 4.08. The maximum Gasteiger partial charge on any atom is 0.0127 e. The van der Waals surface area contributed by atoms with Gasteiger partial charge in [-0.2, -0.15) is 0 Å². The molecule has 0 spiro atoms. The maximum atomic E-state index is 4.55. The standard InChI is InChI=1S/C2H4IS/c3-1-2-4/h1-2H2. The van der Waals surface area contributed by atoms with Crippen molar-refractivity contribution in [2.75, 3.05) is 10.2 Å². The zero-order valence-corrected chi connectivity index (χ0v) is 5.17. The molecular weight excluding hydrogens is 183 g/mol. The van der Waals surface area contributed by atoms with E-state index in [1.165, 1.54) is 0 Å². The molecule has 0 aromatic heterocycles. The van der Waals surface area contributed by atoms with Crippen LogP contribution in [0.5, 0.6) is 0 Å². The lowest BCUT2D eigenvalue weighted by atomic mass is 11.0. The number of hydrogen-bond donors (Lipinski definition) is 0. The van der Waals surface area contributed by atoms with Crippen molar-refractivity contribution in [2.45, 2.75) is 0 Å². The van der Waals surface area contributed by atoms with Gasteiger partial charge < -0.3 is 0 Å². The molecule has 4 heavy (non-hydrogen) atoms. The molecule has 0 saturated heterocycles. The van der Waals surface area contributed by atoms with Gasteiger partial charge in [0, 0.05) is 10.2 Å². The van der Waals surface area contributed by atoms with E-state index >= 15 is 0 Å². The molecule has 0 unspecified atom stereocenters. The van der Waals surface area contributed by atoms with Crippen molar-refractivity contribution in [1.82, 2.24) is 0 Å². The summed E-state index contributed by atoms with van der Waals surface area (Å²) in [5.41, 5.74) is 0. The van der Waals surface area contributed by atoms with Gasteiger partial charge in [-0.3, -0.25) is 0 Å². The van der Waals surface area contributed by atoms with E-state index < -0.39 is 0 Å². The quantitative estimate of drug-likeness (QED) is 0.432. The zero-order chi connectivity index (χ0) is 3.41. The van der Waals surface area contributed by atoms with Crippen LogP contribution in [-0.2, 0) is 0 Å². The molecule has 0 N–H and O–H groups in total. The van der Waals surface area contributed by atoms with Gasteiger partial charge in [-0.05, 0) is 0 Å². The molecule has 0 amide bonds. The molecule has 0 aliphatic rings. The SMILES string of the molecule is [S]CCI. The average molecular weight is 187 g/mol. The molecule has 0 fully saturated rings. The zero-order valence-electron chi connectivity index (χ0n) is 2.20. The molecular formula is C2H4IS. The van der Waals surface area contributed by atoms with Gasteiger partial charge >= 0.3 is 0 Å². The molecule has 2 heteroatoms. The Hall–Kier alpha value is 1.08. The van der Waals surface area contributed by atoms with E-state index in [4.69, 9.17) is 0 Å². The largest absolute Gasteiger partial charge is 0.0933 e. The first-order valence-corrected chi connectivity index (χ1v) is 3.16. The lowest BCUT2D eigenvalue weighted by molar-refractivity contribution is 1.63. The van der Waals surface area contributed by atoms with Gasteiger partial charge in [0.05, 0.1) is 0 Å². The highest BCUT2D eigenvalue weighted by molar-refractivity contribution is 14.1. The van der Waals surface area contributed by atoms with E-state index in [2.05, 4.69) is 35.2 Å². The summed E-state index contributed by atoms with van der Waals surface area (Å²) in [7, 11) is 0. The summed E-state index contributed by atoms with van der Waals surface area (Å²) in [6.07, 6.45) is 0. The maximum absolute atomic E-state index is 4.55. The fraction of sp³-hybridized carbons (Fsp3) is 1.00. The molecule has 0 saturated carbocycles. The summed E-state index contributed by atoms with van der Waals surface area (Å²) in [6.45, 7) is 0. The minimum atomic E-state index is 0.889. The summed E-state index contributed by atoms with van der Waals surface area (Å²) in [5, 5.41) is 0. The van der Waals surface area contributed by atoms with Crippen LogP contribution in [0.3, 0.4) is 0 Å². The van der Waals surface area contributed by atoms with Crippen LogP contribution in [0.2, 0.25) is 0 Å². The van der Waals surface area contributed by atoms with Gasteiger partial charge in [-0.1, -0.05) is 35.2 Å². The molecule has 1 radical (unpaired) electrons. The van der Waals surface area contributed by atoms with E-state index in [1.54, 1.807) is 0 Å². The fourth-order valence-corrected chi connectivity index (χ4v) is 0. The molecule has 0 atom stereocenters. The second-order valence-corrected chi connectivity index (χ2v) is 1.88. The van der Waals surface area contributed by atoms with Crippen LogP contribution in [0.25, 0.3) is 0 Å². The minimum Gasteiger partial charge on any atom is -0.0933 e. The van der Waals surface area contributed by atoms with Crippen molar-refractivity contribution in [2.24, 2.45) is 0 Å². The third-order valence-electron chi connectivity index (χ3n) is 0.0772. The summed E-state index contributed by atoms with van der Waals surface area (Å²) in [5.74, 6) is 0.889. The third kappa shape index (κ3) is 3.08. The molecule has 0 heterocycles. The second-order valence-electron chi connectivity index (χ2n) is 0.393. The Morgan fingerprint density at radius 3 is 2.00 bits per heavy atom. The van der Waals surface area contributed by atoms with Gasteiger partial charge in [0.2, 0.25) is 0 Å². The highest BCUT2D eigenvalue weighted by atomic mass is 127. The monoisotopic (exact) mass is 187 g/mol. The van der Waals surface area contributed by atoms with E-state index in [9.17, 15) is 0 Å². The predicted molar refractivity (Wildman–Crippen MR) is 31.3 cm³/mol. The van der Waals surface area contributed by atoms with Crippen LogP contribution < -0.4 is 0 Å². The summed E-state index contributed by atoms with van der Waals surface area (Å²) >= 11 is 6.79. The van der Waals surface area contributed by atoms with Crippen LogP contribution in [0.15, 0.2) is 0 Å². The van der Waals surface area contributed by atoms with Gasteiger partial charge in [-0.15, -0.1) is 0 Å². The molecule has 25 valence electrons. The first-order valence-electron chi connectivity index (χ1n) is 1.06. The van der Waals surface area contributed by atoms with Crippen molar-refractivity contribution in [1.29, 1.82) is 0 Å². The smallest absolute Gasteiger partial charge is 0.0127 e. The van der Waals surface area contributed by atoms with Gasteiger partial charge in [-0.25, -0.2) is 0 Å². The Bertz CT molecular complexity index is 8.00. The normalized spacial score (nSPS) is 7.50. The van der Waals surface area contributed by atoms with Crippen molar-refractivity contribution in [3.63, 3.8) is 0 Å². The molecule has 0 aliphatic carbocycles. The first kappa shape index (κ1) is 5.08. The van der Waals surface area contributed by atoms with Crippen LogP contribution >= 0.6 is 35.2 Å². The topological polar surface area (TPSA) is 0 Å². The van der Waals surface area contributed by atoms with Crippen molar-refractivity contribution in [3.8, 4) is 0 Å². The Labute approximate surface area is 45.5 Å². The van der Waals surface area contributed by atoms with Crippen LogP contribution in [0.4, 0.5) is 0 Å². The molecule has 0 aromatic carbocycles. The molecule has 0 aromatic rings. The van der Waals surface area contributed by atoms with Crippen LogP contribution in [0.1, 0.15) is 0 Å². The lowest BCUT2D eigenvalue weighted by Crippen LogP contribution is -1.62. The highest BCUT2D eigenvalue weighted by Crippen LogP contribution is 1.79. The lowest BCUT2D eigenvalue weighted by Gasteiger charge is -1.64. The number of halogens is 1. The molecule has 0 bridgehead atoms. The van der Waals surface area contributed by atoms with Crippen molar-refractivity contribution >= 4 is 35.2 Å². The minimum absolute atomic E-state index is 0.889. The van der Waals surface area contributed by atoms with Gasteiger partial charge in [0.25, 0.3) is 0 Å². The van der Waals surface area contributed by atoms with Crippen LogP contribution in [-0.4, -0.2) is 10.2 Å². The predicted octanol–water partition coefficient (Wildman–Crippen LogP) is 1.62. The van der Waals surface area contributed by atoms with Crippen molar-refractivity contribution < 1.29 is 0 Å². The number of hydrogen-bond acceptors (Lipinski definition) is 0. The summed E-state index contributed by atoms with van der Waals surface area (Å²) in [6, 6.07) is 0. The van der Waals surface area contributed by atoms with E-state index in [-0.39, 0.29) is 0 Å².